The second-order valence-corrected chi connectivity index (χ2v) is 6.20. The van der Waals surface area contributed by atoms with E-state index in [0.717, 1.165) is 19.4 Å². The van der Waals surface area contributed by atoms with Gasteiger partial charge in [-0.25, -0.2) is 0 Å². The van der Waals surface area contributed by atoms with Crippen molar-refractivity contribution in [1.82, 2.24) is 0 Å². The fraction of sp³-hybridized carbons (Fsp3) is 0.300. The maximum absolute atomic E-state index is 12.4. The second kappa shape index (κ2) is 8.49. The van der Waals surface area contributed by atoms with E-state index in [0.29, 0.717) is 29.2 Å². The largest absolute Gasteiger partial charge is 0.491 e. The molecule has 2 aromatic rings. The number of amides is 1. The first-order valence-corrected chi connectivity index (χ1v) is 8.57. The van der Waals surface area contributed by atoms with Crippen molar-refractivity contribution in [3.63, 3.8) is 0 Å². The minimum atomic E-state index is -0.887. The van der Waals surface area contributed by atoms with E-state index in [-0.39, 0.29) is 18.4 Å². The second-order valence-electron chi connectivity index (χ2n) is 6.20. The molecular weight excluding hydrogens is 334 g/mol. The number of carbonyl (C=O) groups excluding carboxylic acids is 1. The predicted molar refractivity (Wildman–Crippen MR) is 96.6 cm³/mol. The van der Waals surface area contributed by atoms with Gasteiger partial charge < -0.3 is 19.9 Å². The fourth-order valence-electron chi connectivity index (χ4n) is 2.78. The third-order valence-corrected chi connectivity index (χ3v) is 4.12. The Morgan fingerprint density at radius 3 is 2.69 bits per heavy atom. The van der Waals surface area contributed by atoms with Crippen molar-refractivity contribution in [3.8, 4) is 5.75 Å². The first kappa shape index (κ1) is 17.9. The summed E-state index contributed by atoms with van der Waals surface area (Å²) >= 11 is 0. The molecule has 6 nitrogen and oxygen atoms in total. The summed E-state index contributed by atoms with van der Waals surface area (Å²) in [5, 5.41) is 11.6. The number of anilines is 1. The molecule has 1 aliphatic rings. The molecule has 1 atom stereocenters. The minimum absolute atomic E-state index is 0.0433. The van der Waals surface area contributed by atoms with Crippen LogP contribution in [0.25, 0.3) is 0 Å². The van der Waals surface area contributed by atoms with Gasteiger partial charge in [0.05, 0.1) is 12.5 Å². The molecule has 0 radical (unpaired) electrons. The Labute approximate surface area is 151 Å². The van der Waals surface area contributed by atoms with Gasteiger partial charge in [-0.1, -0.05) is 18.2 Å². The standard InChI is InChI=1S/C20H21NO5/c22-19(23)11-14-6-8-16(9-7-14)21-20(24)15-3-1-4-17(12-15)26-13-18-5-2-10-25-18/h1,3-4,6-9,12,18H,2,5,10-11,13H2,(H,21,24)(H,22,23). The molecule has 1 heterocycles. The number of benzene rings is 2. The summed E-state index contributed by atoms with van der Waals surface area (Å²) < 4.78 is 11.2. The SMILES string of the molecule is O=C(O)Cc1ccc(NC(=O)c2cccc(OCC3CCCO3)c2)cc1. The van der Waals surface area contributed by atoms with Crippen molar-refractivity contribution in [2.75, 3.05) is 18.5 Å². The van der Waals surface area contributed by atoms with Gasteiger partial charge >= 0.3 is 5.97 Å². The van der Waals surface area contributed by atoms with Crippen molar-refractivity contribution < 1.29 is 24.2 Å². The average Bonchev–Trinajstić information content (AvgIpc) is 3.15. The summed E-state index contributed by atoms with van der Waals surface area (Å²) in [6.45, 7) is 1.26. The van der Waals surface area contributed by atoms with Crippen LogP contribution in [0.1, 0.15) is 28.8 Å². The summed E-state index contributed by atoms with van der Waals surface area (Å²) in [5.41, 5.74) is 1.78. The minimum Gasteiger partial charge on any atom is -0.491 e. The topological polar surface area (TPSA) is 84.9 Å². The number of aliphatic carboxylic acids is 1. The zero-order valence-electron chi connectivity index (χ0n) is 14.3. The Morgan fingerprint density at radius 1 is 1.19 bits per heavy atom. The molecule has 0 bridgehead atoms. The number of ether oxygens (including phenoxy) is 2. The third-order valence-electron chi connectivity index (χ3n) is 4.12. The van der Waals surface area contributed by atoms with Gasteiger partial charge in [-0.15, -0.1) is 0 Å². The van der Waals surface area contributed by atoms with E-state index in [1.807, 2.05) is 6.07 Å². The molecule has 1 amide bonds. The molecule has 6 heteroatoms. The van der Waals surface area contributed by atoms with Crippen LogP contribution >= 0.6 is 0 Å². The van der Waals surface area contributed by atoms with Gasteiger partial charge in [0.25, 0.3) is 5.91 Å². The van der Waals surface area contributed by atoms with Crippen LogP contribution in [0.3, 0.4) is 0 Å². The lowest BCUT2D eigenvalue weighted by atomic mass is 10.1. The van der Waals surface area contributed by atoms with Gasteiger partial charge in [-0.3, -0.25) is 9.59 Å². The van der Waals surface area contributed by atoms with Gasteiger partial charge in [0.2, 0.25) is 0 Å². The quantitative estimate of drug-likeness (QED) is 0.797. The van der Waals surface area contributed by atoms with E-state index >= 15 is 0 Å². The van der Waals surface area contributed by atoms with E-state index in [1.54, 1.807) is 42.5 Å². The Balaban J connectivity index is 1.58. The smallest absolute Gasteiger partial charge is 0.307 e. The summed E-state index contributed by atoms with van der Waals surface area (Å²) in [4.78, 5) is 23.1. The van der Waals surface area contributed by atoms with Gasteiger partial charge in [0.15, 0.2) is 0 Å². The molecule has 136 valence electrons. The molecule has 0 aromatic heterocycles. The van der Waals surface area contributed by atoms with Gasteiger partial charge in [0, 0.05) is 17.9 Å². The van der Waals surface area contributed by atoms with Crippen molar-refractivity contribution >= 4 is 17.6 Å². The predicted octanol–water partition coefficient (Wildman–Crippen LogP) is 3.12. The van der Waals surface area contributed by atoms with Crippen LogP contribution in [-0.2, 0) is 16.0 Å². The maximum atomic E-state index is 12.4. The summed E-state index contributed by atoms with van der Waals surface area (Å²) in [5.74, 6) is -0.509. The highest BCUT2D eigenvalue weighted by molar-refractivity contribution is 6.04. The van der Waals surface area contributed by atoms with Crippen molar-refractivity contribution in [3.05, 3.63) is 59.7 Å². The van der Waals surface area contributed by atoms with Crippen LogP contribution in [0.2, 0.25) is 0 Å². The Morgan fingerprint density at radius 2 is 2.00 bits per heavy atom. The molecule has 1 unspecified atom stereocenters. The zero-order chi connectivity index (χ0) is 18.4. The number of carboxylic acids is 1. The van der Waals surface area contributed by atoms with Crippen molar-refractivity contribution in [1.29, 1.82) is 0 Å². The number of hydrogen-bond donors (Lipinski definition) is 2. The molecule has 1 saturated heterocycles. The highest BCUT2D eigenvalue weighted by Crippen LogP contribution is 2.18. The Hall–Kier alpha value is -2.86. The van der Waals surface area contributed by atoms with Crippen molar-refractivity contribution in [2.24, 2.45) is 0 Å². The number of hydrogen-bond acceptors (Lipinski definition) is 4. The van der Waals surface area contributed by atoms with Gasteiger partial charge in [0.1, 0.15) is 12.4 Å². The van der Waals surface area contributed by atoms with Crippen molar-refractivity contribution in [2.45, 2.75) is 25.4 Å². The maximum Gasteiger partial charge on any atom is 0.307 e. The molecule has 0 aliphatic carbocycles. The summed E-state index contributed by atoms with van der Waals surface area (Å²) in [7, 11) is 0. The van der Waals surface area contributed by atoms with Gasteiger partial charge in [-0.05, 0) is 48.7 Å². The molecule has 0 saturated carbocycles. The summed E-state index contributed by atoms with van der Waals surface area (Å²) in [6.07, 6.45) is 2.13. The van der Waals surface area contributed by atoms with Crippen LogP contribution < -0.4 is 10.1 Å². The lowest BCUT2D eigenvalue weighted by Crippen LogP contribution is -2.17. The highest BCUT2D eigenvalue weighted by atomic mass is 16.5. The van der Waals surface area contributed by atoms with E-state index in [2.05, 4.69) is 5.32 Å². The Kier molecular flexibility index (Phi) is 5.86. The lowest BCUT2D eigenvalue weighted by Gasteiger charge is -2.12. The zero-order valence-corrected chi connectivity index (χ0v) is 14.3. The third kappa shape index (κ3) is 5.07. The van der Waals surface area contributed by atoms with E-state index in [9.17, 15) is 9.59 Å². The number of carboxylic acid groups (broad SMARTS) is 1. The molecule has 0 spiro atoms. The van der Waals surface area contributed by atoms with Crippen LogP contribution in [0.5, 0.6) is 5.75 Å². The van der Waals surface area contributed by atoms with Gasteiger partial charge in [-0.2, -0.15) is 0 Å². The molecule has 26 heavy (non-hydrogen) atoms. The molecule has 3 rings (SSSR count). The molecule has 1 fully saturated rings. The number of rotatable bonds is 7. The molecular formula is C20H21NO5. The molecule has 1 aliphatic heterocycles. The van der Waals surface area contributed by atoms with Crippen LogP contribution in [-0.4, -0.2) is 36.3 Å². The monoisotopic (exact) mass is 355 g/mol. The average molecular weight is 355 g/mol. The number of nitrogens with one attached hydrogen (secondary N) is 1. The first-order chi connectivity index (χ1) is 12.6. The highest BCUT2D eigenvalue weighted by Gasteiger charge is 2.16. The first-order valence-electron chi connectivity index (χ1n) is 8.57. The van der Waals surface area contributed by atoms with Crippen LogP contribution in [0.4, 0.5) is 5.69 Å². The van der Waals surface area contributed by atoms with Crippen LogP contribution in [0.15, 0.2) is 48.5 Å². The molecule has 2 N–H and O–H groups in total. The van der Waals surface area contributed by atoms with E-state index in [1.165, 1.54) is 0 Å². The summed E-state index contributed by atoms with van der Waals surface area (Å²) in [6, 6.07) is 13.7. The van der Waals surface area contributed by atoms with Crippen LogP contribution in [0, 0.1) is 0 Å². The van der Waals surface area contributed by atoms with E-state index in [4.69, 9.17) is 14.6 Å². The Bertz CT molecular complexity index is 766. The molecule has 2 aromatic carbocycles. The van der Waals surface area contributed by atoms with E-state index < -0.39 is 5.97 Å². The lowest BCUT2D eigenvalue weighted by molar-refractivity contribution is -0.136. The fourth-order valence-corrected chi connectivity index (χ4v) is 2.78. The normalized spacial score (nSPS) is 16.2. The number of carbonyl (C=O) groups is 2.